The van der Waals surface area contributed by atoms with E-state index in [1.54, 1.807) is 4.90 Å². The van der Waals surface area contributed by atoms with Crippen molar-refractivity contribution in [3.8, 4) is 0 Å². The van der Waals surface area contributed by atoms with E-state index in [1.807, 2.05) is 18.2 Å². The van der Waals surface area contributed by atoms with Crippen LogP contribution in [-0.4, -0.2) is 43.8 Å². The minimum atomic E-state index is -3.82. The van der Waals surface area contributed by atoms with E-state index in [2.05, 4.69) is 16.9 Å². The molecule has 1 fully saturated rings. The van der Waals surface area contributed by atoms with Gasteiger partial charge in [-0.25, -0.2) is 13.1 Å². The van der Waals surface area contributed by atoms with E-state index in [0.29, 0.717) is 19.0 Å². The highest BCUT2D eigenvalue weighted by molar-refractivity contribution is 7.89. The van der Waals surface area contributed by atoms with Crippen molar-refractivity contribution in [1.82, 2.24) is 9.62 Å². The van der Waals surface area contributed by atoms with Crippen LogP contribution >= 0.6 is 0 Å². The molecule has 0 atom stereocenters. The van der Waals surface area contributed by atoms with Gasteiger partial charge in [0, 0.05) is 38.2 Å². The van der Waals surface area contributed by atoms with Gasteiger partial charge >= 0.3 is 0 Å². The molecule has 3 rings (SSSR count). The summed E-state index contributed by atoms with van der Waals surface area (Å²) >= 11 is 0. The number of carbonyl (C=O) groups is 1. The molecule has 160 valence electrons. The fourth-order valence-electron chi connectivity index (χ4n) is 3.61. The molecule has 8 nitrogen and oxygen atoms in total. The first-order valence-corrected chi connectivity index (χ1v) is 11.4. The third-order valence-electron chi connectivity index (χ3n) is 5.32. The van der Waals surface area contributed by atoms with Crippen molar-refractivity contribution in [2.75, 3.05) is 19.6 Å². The fraction of sp³-hybridized carbons (Fsp3) is 0.381. The summed E-state index contributed by atoms with van der Waals surface area (Å²) in [5, 5.41) is 10.7. The number of nitrogens with one attached hydrogen (secondary N) is 1. The molecule has 9 heteroatoms. The highest BCUT2D eigenvalue weighted by atomic mass is 32.2. The number of likely N-dealkylation sites (tertiary alicyclic amines) is 1. The van der Waals surface area contributed by atoms with Crippen molar-refractivity contribution in [1.29, 1.82) is 0 Å². The molecule has 0 aromatic heterocycles. The summed E-state index contributed by atoms with van der Waals surface area (Å²) < 4.78 is 27.0. The molecule has 1 heterocycles. The Balaban J connectivity index is 1.43. The van der Waals surface area contributed by atoms with Gasteiger partial charge in [0.1, 0.15) is 0 Å². The number of nitro benzene ring substituents is 1. The van der Waals surface area contributed by atoms with Crippen LogP contribution in [0.15, 0.2) is 59.5 Å². The molecule has 1 amide bonds. The summed E-state index contributed by atoms with van der Waals surface area (Å²) in [6, 6.07) is 14.9. The quantitative estimate of drug-likeness (QED) is 0.510. The van der Waals surface area contributed by atoms with Crippen molar-refractivity contribution in [2.45, 2.75) is 30.6 Å². The molecule has 1 N–H and O–H groups in total. The van der Waals surface area contributed by atoms with Crippen LogP contribution < -0.4 is 4.72 Å². The molecular formula is C21H25N3O5S. The van der Waals surface area contributed by atoms with Gasteiger partial charge in [0.05, 0.1) is 9.82 Å². The van der Waals surface area contributed by atoms with Crippen LogP contribution in [0.4, 0.5) is 5.69 Å². The molecule has 1 aliphatic heterocycles. The van der Waals surface area contributed by atoms with Crippen molar-refractivity contribution >= 4 is 21.6 Å². The van der Waals surface area contributed by atoms with Crippen molar-refractivity contribution in [2.24, 2.45) is 5.92 Å². The number of carbonyl (C=O) groups excluding carboxylic acids is 1. The predicted octanol–water partition coefficient (Wildman–Crippen LogP) is 2.74. The lowest BCUT2D eigenvalue weighted by molar-refractivity contribution is -0.384. The molecule has 0 radical (unpaired) electrons. The number of non-ortho nitro benzene ring substituents is 1. The Morgan fingerprint density at radius 2 is 1.70 bits per heavy atom. The lowest BCUT2D eigenvalue weighted by Gasteiger charge is -2.32. The maximum Gasteiger partial charge on any atom is 0.269 e. The van der Waals surface area contributed by atoms with Crippen LogP contribution in [0, 0.1) is 16.0 Å². The zero-order valence-electron chi connectivity index (χ0n) is 16.6. The SMILES string of the molecule is O=C(CCNS(=O)(=O)c1ccc([N+](=O)[O-])cc1)N1CCC(Cc2ccccc2)CC1. The van der Waals surface area contributed by atoms with Crippen molar-refractivity contribution < 1.29 is 18.1 Å². The molecule has 1 aliphatic rings. The number of sulfonamides is 1. The Morgan fingerprint density at radius 1 is 1.07 bits per heavy atom. The number of hydrogen-bond donors (Lipinski definition) is 1. The maximum atomic E-state index is 12.4. The largest absolute Gasteiger partial charge is 0.343 e. The Bertz CT molecular complexity index is 969. The minimum Gasteiger partial charge on any atom is -0.343 e. The summed E-state index contributed by atoms with van der Waals surface area (Å²) in [6.45, 7) is 1.36. The van der Waals surface area contributed by atoms with Gasteiger partial charge in [-0.1, -0.05) is 30.3 Å². The lowest BCUT2D eigenvalue weighted by Crippen LogP contribution is -2.40. The van der Waals surface area contributed by atoms with Crippen molar-refractivity contribution in [3.05, 3.63) is 70.3 Å². The van der Waals surface area contributed by atoms with Gasteiger partial charge < -0.3 is 4.90 Å². The first-order chi connectivity index (χ1) is 14.3. The summed E-state index contributed by atoms with van der Waals surface area (Å²) in [7, 11) is -3.82. The van der Waals surface area contributed by atoms with Crippen LogP contribution in [-0.2, 0) is 21.2 Å². The number of nitro groups is 1. The molecule has 30 heavy (non-hydrogen) atoms. The van der Waals surface area contributed by atoms with E-state index in [0.717, 1.165) is 31.4 Å². The van der Waals surface area contributed by atoms with Crippen LogP contribution in [0.5, 0.6) is 0 Å². The average molecular weight is 432 g/mol. The predicted molar refractivity (Wildman–Crippen MR) is 112 cm³/mol. The summed E-state index contributed by atoms with van der Waals surface area (Å²) in [5.41, 5.74) is 1.13. The Labute approximate surface area is 176 Å². The van der Waals surface area contributed by atoms with Gasteiger partial charge in [-0.2, -0.15) is 0 Å². The number of amides is 1. The number of rotatable bonds is 8. The molecule has 0 spiro atoms. The van der Waals surface area contributed by atoms with E-state index >= 15 is 0 Å². The third kappa shape index (κ3) is 5.87. The van der Waals surface area contributed by atoms with Crippen molar-refractivity contribution in [3.63, 3.8) is 0 Å². The standard InChI is InChI=1S/C21H25N3O5S/c25-21(23-14-11-18(12-15-23)16-17-4-2-1-3-5-17)10-13-22-30(28,29)20-8-6-19(7-9-20)24(26)27/h1-9,18,22H,10-16H2. The summed E-state index contributed by atoms with van der Waals surface area (Å²) in [6.07, 6.45) is 2.97. The van der Waals surface area contributed by atoms with E-state index < -0.39 is 14.9 Å². The molecule has 0 aliphatic carbocycles. The first-order valence-electron chi connectivity index (χ1n) is 9.91. The second-order valence-corrected chi connectivity index (χ2v) is 9.18. The monoisotopic (exact) mass is 431 g/mol. The number of benzene rings is 2. The van der Waals surface area contributed by atoms with Gasteiger partial charge in [0.15, 0.2) is 0 Å². The van der Waals surface area contributed by atoms with Gasteiger partial charge in [0.2, 0.25) is 15.9 Å². The zero-order valence-corrected chi connectivity index (χ0v) is 17.4. The Morgan fingerprint density at radius 3 is 2.30 bits per heavy atom. The van der Waals surface area contributed by atoms with Gasteiger partial charge in [-0.3, -0.25) is 14.9 Å². The number of hydrogen-bond acceptors (Lipinski definition) is 5. The second kappa shape index (κ2) is 9.82. The van der Waals surface area contributed by atoms with Crippen LogP contribution in [0.2, 0.25) is 0 Å². The van der Waals surface area contributed by atoms with E-state index in [1.165, 1.54) is 17.7 Å². The smallest absolute Gasteiger partial charge is 0.269 e. The van der Waals surface area contributed by atoms with E-state index in [-0.39, 0.29) is 29.5 Å². The van der Waals surface area contributed by atoms with E-state index in [9.17, 15) is 23.3 Å². The zero-order chi connectivity index (χ0) is 21.6. The highest BCUT2D eigenvalue weighted by Crippen LogP contribution is 2.22. The normalized spacial score (nSPS) is 15.1. The first kappa shape index (κ1) is 21.9. The average Bonchev–Trinajstić information content (AvgIpc) is 2.75. The maximum absolute atomic E-state index is 12.4. The Kier molecular flexibility index (Phi) is 7.17. The molecule has 0 saturated carbocycles. The van der Waals surface area contributed by atoms with Gasteiger partial charge in [-0.05, 0) is 42.9 Å². The summed E-state index contributed by atoms with van der Waals surface area (Å²) in [5.74, 6) is 0.483. The second-order valence-electron chi connectivity index (χ2n) is 7.41. The molecular weight excluding hydrogens is 406 g/mol. The Hall–Kier alpha value is -2.78. The van der Waals surface area contributed by atoms with Gasteiger partial charge in [-0.15, -0.1) is 0 Å². The molecule has 0 bridgehead atoms. The number of piperidine rings is 1. The number of nitrogens with zero attached hydrogens (tertiary/aromatic N) is 2. The van der Waals surface area contributed by atoms with Crippen LogP contribution in [0.25, 0.3) is 0 Å². The highest BCUT2D eigenvalue weighted by Gasteiger charge is 2.23. The molecule has 1 saturated heterocycles. The lowest BCUT2D eigenvalue weighted by atomic mass is 9.90. The van der Waals surface area contributed by atoms with Crippen LogP contribution in [0.1, 0.15) is 24.8 Å². The molecule has 2 aromatic rings. The third-order valence-corrected chi connectivity index (χ3v) is 6.80. The van der Waals surface area contributed by atoms with Gasteiger partial charge in [0.25, 0.3) is 5.69 Å². The molecule has 2 aromatic carbocycles. The fourth-order valence-corrected chi connectivity index (χ4v) is 4.65. The van der Waals surface area contributed by atoms with Crippen LogP contribution in [0.3, 0.4) is 0 Å². The van der Waals surface area contributed by atoms with E-state index in [4.69, 9.17) is 0 Å². The summed E-state index contributed by atoms with van der Waals surface area (Å²) in [4.78, 5) is 24.2. The topological polar surface area (TPSA) is 110 Å². The molecule has 0 unspecified atom stereocenters. The minimum absolute atomic E-state index is 0.0118.